The quantitative estimate of drug-likeness (QED) is 0.475. The molecule has 0 aliphatic rings. The lowest BCUT2D eigenvalue weighted by Crippen LogP contribution is -2.34. The molecule has 0 radical (unpaired) electrons. The fourth-order valence-electron chi connectivity index (χ4n) is 3.11. The first-order chi connectivity index (χ1) is 13.0. The van der Waals surface area contributed by atoms with Crippen LogP contribution in [0.25, 0.3) is 0 Å². The van der Waals surface area contributed by atoms with Crippen LogP contribution in [0.4, 0.5) is 0 Å². The largest absolute Gasteiger partial charge is 0.378 e. The molecule has 0 fully saturated rings. The van der Waals surface area contributed by atoms with Crippen LogP contribution in [0.1, 0.15) is 57.6 Å². The molecule has 1 atom stereocenters. The molecule has 0 saturated carbocycles. The van der Waals surface area contributed by atoms with Crippen molar-refractivity contribution < 1.29 is 5.11 Å². The summed E-state index contributed by atoms with van der Waals surface area (Å²) in [5.74, 6) is 6.45. The van der Waals surface area contributed by atoms with E-state index in [9.17, 15) is 5.11 Å². The number of unbranched alkanes of at least 4 members (excludes halogenated alkanes) is 2. The first-order valence-corrected chi connectivity index (χ1v) is 10.0. The van der Waals surface area contributed by atoms with Gasteiger partial charge in [0.25, 0.3) is 0 Å². The molecule has 2 aromatic carbocycles. The van der Waals surface area contributed by atoms with E-state index >= 15 is 0 Å². The lowest BCUT2D eigenvalue weighted by atomic mass is 10.0. The van der Waals surface area contributed by atoms with E-state index < -0.39 is 5.60 Å². The zero-order chi connectivity index (χ0) is 19.5. The molecular formula is C25H33NO. The minimum Gasteiger partial charge on any atom is -0.378 e. The Balaban J connectivity index is 2.26. The van der Waals surface area contributed by atoms with Crippen molar-refractivity contribution in [3.05, 3.63) is 71.8 Å². The highest BCUT2D eigenvalue weighted by atomic mass is 16.3. The summed E-state index contributed by atoms with van der Waals surface area (Å²) in [7, 11) is 0. The van der Waals surface area contributed by atoms with Gasteiger partial charge in [0, 0.05) is 13.1 Å². The Kier molecular flexibility index (Phi) is 8.58. The zero-order valence-corrected chi connectivity index (χ0v) is 17.0. The Morgan fingerprint density at radius 3 is 1.85 bits per heavy atom. The Morgan fingerprint density at radius 1 is 0.889 bits per heavy atom. The van der Waals surface area contributed by atoms with Gasteiger partial charge in [0.05, 0.1) is 6.04 Å². The summed E-state index contributed by atoms with van der Waals surface area (Å²) in [4.78, 5) is 2.44. The van der Waals surface area contributed by atoms with Gasteiger partial charge in [-0.15, -0.1) is 0 Å². The first-order valence-electron chi connectivity index (χ1n) is 10.0. The molecule has 0 aliphatic carbocycles. The first kappa shape index (κ1) is 21.2. The zero-order valence-electron chi connectivity index (χ0n) is 17.0. The molecule has 2 rings (SSSR count). The van der Waals surface area contributed by atoms with E-state index in [0.717, 1.165) is 25.9 Å². The van der Waals surface area contributed by atoms with Gasteiger partial charge in [-0.2, -0.15) is 0 Å². The van der Waals surface area contributed by atoms with Gasteiger partial charge >= 0.3 is 0 Å². The number of hydrogen-bond acceptors (Lipinski definition) is 2. The van der Waals surface area contributed by atoms with Crippen LogP contribution in [0, 0.1) is 11.8 Å². The maximum atomic E-state index is 10.1. The van der Waals surface area contributed by atoms with Crippen molar-refractivity contribution in [1.29, 1.82) is 0 Å². The molecule has 2 nitrogen and oxygen atoms in total. The molecule has 1 N–H and O–H groups in total. The third-order valence-corrected chi connectivity index (χ3v) is 4.52. The monoisotopic (exact) mass is 363 g/mol. The second-order valence-corrected chi connectivity index (χ2v) is 7.72. The third kappa shape index (κ3) is 8.43. The number of nitrogens with zero attached hydrogens (tertiary/aromatic N) is 1. The lowest BCUT2D eigenvalue weighted by molar-refractivity contribution is 0.142. The highest BCUT2D eigenvalue weighted by molar-refractivity contribution is 5.20. The van der Waals surface area contributed by atoms with E-state index in [1.54, 1.807) is 13.8 Å². The number of benzene rings is 2. The number of hydrogen-bond donors (Lipinski definition) is 1. The van der Waals surface area contributed by atoms with Gasteiger partial charge in [0.15, 0.2) is 0 Å². The van der Waals surface area contributed by atoms with Crippen LogP contribution in [0.2, 0.25) is 0 Å². The highest BCUT2D eigenvalue weighted by Crippen LogP contribution is 2.18. The Labute approximate surface area is 165 Å². The van der Waals surface area contributed by atoms with Crippen molar-refractivity contribution in [2.75, 3.05) is 0 Å². The molecule has 0 heterocycles. The van der Waals surface area contributed by atoms with E-state index in [-0.39, 0.29) is 6.04 Å². The third-order valence-electron chi connectivity index (χ3n) is 4.52. The number of aliphatic hydroxyl groups is 1. The topological polar surface area (TPSA) is 23.5 Å². The maximum absolute atomic E-state index is 10.1. The van der Waals surface area contributed by atoms with Gasteiger partial charge < -0.3 is 5.11 Å². The average molecular weight is 364 g/mol. The van der Waals surface area contributed by atoms with Crippen LogP contribution in [0.15, 0.2) is 60.7 Å². The van der Waals surface area contributed by atoms with Crippen molar-refractivity contribution in [3.8, 4) is 11.8 Å². The molecule has 27 heavy (non-hydrogen) atoms. The fraction of sp³-hybridized carbons (Fsp3) is 0.440. The normalized spacial score (nSPS) is 12.5. The summed E-state index contributed by atoms with van der Waals surface area (Å²) in [5.41, 5.74) is 1.62. The molecule has 144 valence electrons. The molecule has 0 aliphatic heterocycles. The van der Waals surface area contributed by atoms with Gasteiger partial charge in [-0.3, -0.25) is 4.90 Å². The van der Waals surface area contributed by atoms with Crippen LogP contribution in [0.3, 0.4) is 0 Å². The van der Waals surface area contributed by atoms with Crippen LogP contribution in [-0.2, 0) is 13.1 Å². The minimum atomic E-state index is -0.964. The van der Waals surface area contributed by atoms with E-state index in [4.69, 9.17) is 0 Å². The van der Waals surface area contributed by atoms with Crippen molar-refractivity contribution in [3.63, 3.8) is 0 Å². The molecule has 0 bridgehead atoms. The van der Waals surface area contributed by atoms with Gasteiger partial charge in [-0.05, 0) is 31.4 Å². The van der Waals surface area contributed by atoms with Crippen molar-refractivity contribution >= 4 is 0 Å². The summed E-state index contributed by atoms with van der Waals surface area (Å²) in [6.45, 7) is 7.44. The maximum Gasteiger partial charge on any atom is 0.120 e. The second kappa shape index (κ2) is 10.9. The minimum absolute atomic E-state index is 0.128. The predicted octanol–water partition coefficient (Wildman–Crippen LogP) is 5.41. The van der Waals surface area contributed by atoms with E-state index in [1.807, 2.05) is 0 Å². The van der Waals surface area contributed by atoms with Crippen LogP contribution >= 0.6 is 0 Å². The van der Waals surface area contributed by atoms with Gasteiger partial charge in [-0.1, -0.05) is 98.7 Å². The van der Waals surface area contributed by atoms with Gasteiger partial charge in [0.1, 0.15) is 5.60 Å². The fourth-order valence-corrected chi connectivity index (χ4v) is 3.11. The summed E-state index contributed by atoms with van der Waals surface area (Å²) in [6, 6.07) is 21.3. The summed E-state index contributed by atoms with van der Waals surface area (Å²) in [5, 5.41) is 10.1. The Bertz CT molecular complexity index is 665. The lowest BCUT2D eigenvalue weighted by Gasteiger charge is -2.29. The smallest absolute Gasteiger partial charge is 0.120 e. The van der Waals surface area contributed by atoms with Gasteiger partial charge in [-0.25, -0.2) is 0 Å². The van der Waals surface area contributed by atoms with Crippen LogP contribution in [0.5, 0.6) is 0 Å². The van der Waals surface area contributed by atoms with Crippen molar-refractivity contribution in [2.24, 2.45) is 0 Å². The Morgan fingerprint density at radius 2 is 1.41 bits per heavy atom. The van der Waals surface area contributed by atoms with Crippen LogP contribution in [-0.4, -0.2) is 21.6 Å². The Hall–Kier alpha value is -2.08. The second-order valence-electron chi connectivity index (χ2n) is 7.72. The van der Waals surface area contributed by atoms with E-state index in [2.05, 4.69) is 84.3 Å². The van der Waals surface area contributed by atoms with Crippen LogP contribution < -0.4 is 0 Å². The highest BCUT2D eigenvalue weighted by Gasteiger charge is 2.18. The van der Waals surface area contributed by atoms with Crippen molar-refractivity contribution in [1.82, 2.24) is 4.90 Å². The molecule has 0 unspecified atom stereocenters. The molecule has 0 amide bonds. The molecule has 0 spiro atoms. The average Bonchev–Trinajstić information content (AvgIpc) is 2.65. The predicted molar refractivity (Wildman–Crippen MR) is 114 cm³/mol. The SMILES string of the molecule is CCCCC[C@H](C#CC(C)(C)O)N(Cc1ccccc1)Cc1ccccc1. The molecule has 0 aromatic heterocycles. The molecule has 2 aromatic rings. The summed E-state index contributed by atoms with van der Waals surface area (Å²) >= 11 is 0. The van der Waals surface area contributed by atoms with Gasteiger partial charge in [0.2, 0.25) is 0 Å². The molecule has 2 heteroatoms. The van der Waals surface area contributed by atoms with Crippen molar-refractivity contribution in [2.45, 2.75) is 71.2 Å². The summed E-state index contributed by atoms with van der Waals surface area (Å²) in [6.07, 6.45) is 4.59. The standard InChI is InChI=1S/C25H33NO/c1-4-5-8-17-24(18-19-25(2,3)27)26(20-22-13-9-6-10-14-22)21-23-15-11-7-12-16-23/h6-7,9-16,24,27H,4-5,8,17,20-21H2,1-3H3/t24-/m1/s1. The van der Waals surface area contributed by atoms with E-state index in [1.165, 1.54) is 24.0 Å². The molecular weight excluding hydrogens is 330 g/mol. The number of rotatable bonds is 9. The van der Waals surface area contributed by atoms with E-state index in [0.29, 0.717) is 0 Å². The summed E-state index contributed by atoms with van der Waals surface area (Å²) < 4.78 is 0. The molecule has 0 saturated heterocycles.